The lowest BCUT2D eigenvalue weighted by molar-refractivity contribution is 0.102. The van der Waals surface area contributed by atoms with E-state index in [0.717, 1.165) is 24.2 Å². The van der Waals surface area contributed by atoms with Crippen LogP contribution in [0.2, 0.25) is 0 Å². The Morgan fingerprint density at radius 3 is 2.61 bits per heavy atom. The Labute approximate surface area is 184 Å². The third-order valence-electron chi connectivity index (χ3n) is 5.40. The van der Waals surface area contributed by atoms with E-state index in [9.17, 15) is 9.59 Å². The first-order valence-electron chi connectivity index (χ1n) is 10.4. The van der Waals surface area contributed by atoms with Crippen molar-refractivity contribution < 1.29 is 4.79 Å². The van der Waals surface area contributed by atoms with Gasteiger partial charge >= 0.3 is 0 Å². The van der Waals surface area contributed by atoms with E-state index in [2.05, 4.69) is 46.8 Å². The van der Waals surface area contributed by atoms with E-state index in [0.29, 0.717) is 22.4 Å². The molecule has 3 heterocycles. The van der Waals surface area contributed by atoms with E-state index in [4.69, 9.17) is 0 Å². The lowest BCUT2D eigenvalue weighted by Crippen LogP contribution is -2.27. The Kier molecular flexibility index (Phi) is 5.73. The summed E-state index contributed by atoms with van der Waals surface area (Å²) in [5, 5.41) is 10.6. The number of thiazole rings is 1. The van der Waals surface area contributed by atoms with Gasteiger partial charge in [-0.15, -0.1) is 11.3 Å². The summed E-state index contributed by atoms with van der Waals surface area (Å²) in [6, 6.07) is 9.18. The molecule has 0 saturated carbocycles. The first-order chi connectivity index (χ1) is 14.9. The molecule has 1 aromatic carbocycles. The number of amides is 1. The molecule has 0 atom stereocenters. The zero-order chi connectivity index (χ0) is 22.1. The molecule has 4 aromatic rings. The normalized spacial score (nSPS) is 11.2. The van der Waals surface area contributed by atoms with Crippen LogP contribution in [0.1, 0.15) is 42.1 Å². The Bertz CT molecular complexity index is 1330. The smallest absolute Gasteiger partial charge is 0.278 e. The van der Waals surface area contributed by atoms with Gasteiger partial charge in [-0.3, -0.25) is 14.9 Å². The summed E-state index contributed by atoms with van der Waals surface area (Å²) in [7, 11) is 0. The van der Waals surface area contributed by atoms with Crippen LogP contribution in [0, 0.1) is 13.8 Å². The zero-order valence-corrected chi connectivity index (χ0v) is 18.9. The molecule has 7 nitrogen and oxygen atoms in total. The lowest BCUT2D eigenvalue weighted by Gasteiger charge is -2.09. The van der Waals surface area contributed by atoms with Crippen molar-refractivity contribution >= 4 is 33.1 Å². The monoisotopic (exact) mass is 435 g/mol. The molecule has 0 spiro atoms. The molecule has 0 aliphatic carbocycles. The van der Waals surface area contributed by atoms with Gasteiger partial charge in [-0.2, -0.15) is 5.10 Å². The minimum absolute atomic E-state index is 0.200. The van der Waals surface area contributed by atoms with Gasteiger partial charge in [-0.1, -0.05) is 25.1 Å². The quantitative estimate of drug-likeness (QED) is 0.479. The number of nitrogens with one attached hydrogen (secondary N) is 1. The summed E-state index contributed by atoms with van der Waals surface area (Å²) in [6.45, 7) is 9.54. The van der Waals surface area contributed by atoms with Crippen LogP contribution in [0.3, 0.4) is 0 Å². The minimum Gasteiger partial charge on any atom is -0.348 e. The lowest BCUT2D eigenvalue weighted by atomic mass is 10.1. The van der Waals surface area contributed by atoms with Crippen molar-refractivity contribution in [3.05, 3.63) is 63.1 Å². The fourth-order valence-electron chi connectivity index (χ4n) is 3.86. The number of fused-ring (bicyclic) bond motifs is 1. The van der Waals surface area contributed by atoms with E-state index < -0.39 is 0 Å². The average molecular weight is 436 g/mol. The molecule has 0 aliphatic heterocycles. The second kappa shape index (κ2) is 8.47. The molecule has 3 aromatic heterocycles. The van der Waals surface area contributed by atoms with Crippen molar-refractivity contribution in [3.8, 4) is 11.3 Å². The number of carbonyl (C=O) groups excluding carboxylic acids is 1. The summed E-state index contributed by atoms with van der Waals surface area (Å²) in [4.78, 5) is 30.2. The Balaban J connectivity index is 1.66. The maximum atomic E-state index is 13.0. The molecule has 0 unspecified atom stereocenters. The van der Waals surface area contributed by atoms with E-state index in [-0.39, 0.29) is 17.2 Å². The molecule has 0 aliphatic rings. The molecule has 1 amide bonds. The van der Waals surface area contributed by atoms with Gasteiger partial charge < -0.3 is 4.57 Å². The first-order valence-corrected chi connectivity index (χ1v) is 11.3. The van der Waals surface area contributed by atoms with Crippen molar-refractivity contribution in [3.63, 3.8) is 0 Å². The molecule has 8 heteroatoms. The molecule has 31 heavy (non-hydrogen) atoms. The van der Waals surface area contributed by atoms with Crippen molar-refractivity contribution in [2.75, 3.05) is 5.32 Å². The van der Waals surface area contributed by atoms with Gasteiger partial charge in [0.15, 0.2) is 10.8 Å². The van der Waals surface area contributed by atoms with Crippen LogP contribution >= 0.6 is 11.3 Å². The van der Waals surface area contributed by atoms with E-state index in [1.54, 1.807) is 24.3 Å². The molecule has 1 N–H and O–H groups in total. The number of hydrogen-bond acceptors (Lipinski definition) is 5. The van der Waals surface area contributed by atoms with Gasteiger partial charge in [-0.25, -0.2) is 9.67 Å². The number of nitrogens with zero attached hydrogens (tertiary/aromatic N) is 4. The summed E-state index contributed by atoms with van der Waals surface area (Å²) in [5.41, 5.74) is 4.30. The van der Waals surface area contributed by atoms with Crippen molar-refractivity contribution in [2.24, 2.45) is 0 Å². The number of aromatic nitrogens is 4. The maximum absolute atomic E-state index is 13.0. The molecule has 0 saturated heterocycles. The highest BCUT2D eigenvalue weighted by atomic mass is 32.1. The number of carbonyl (C=O) groups is 1. The van der Waals surface area contributed by atoms with Gasteiger partial charge in [-0.05, 0) is 39.3 Å². The molecule has 0 radical (unpaired) electrons. The van der Waals surface area contributed by atoms with Gasteiger partial charge in [0.2, 0.25) is 0 Å². The Hall–Kier alpha value is -3.26. The van der Waals surface area contributed by atoms with Gasteiger partial charge in [0, 0.05) is 40.8 Å². The van der Waals surface area contributed by atoms with Crippen LogP contribution in [0.4, 0.5) is 5.13 Å². The zero-order valence-electron chi connectivity index (χ0n) is 18.1. The van der Waals surface area contributed by atoms with E-state index in [1.165, 1.54) is 27.4 Å². The van der Waals surface area contributed by atoms with Crippen LogP contribution in [0.15, 0.2) is 40.5 Å². The van der Waals surface area contributed by atoms with Gasteiger partial charge in [0.05, 0.1) is 11.1 Å². The number of hydrogen-bond donors (Lipinski definition) is 1. The van der Waals surface area contributed by atoms with Crippen LogP contribution in [-0.4, -0.2) is 25.2 Å². The highest BCUT2D eigenvalue weighted by Crippen LogP contribution is 2.30. The van der Waals surface area contributed by atoms with Crippen LogP contribution < -0.4 is 10.9 Å². The summed E-state index contributed by atoms with van der Waals surface area (Å²) in [5.74, 6) is -0.379. The fraction of sp³-hybridized carbons (Fsp3) is 0.304. The molecule has 4 rings (SSSR count). The topological polar surface area (TPSA) is 81.8 Å². The first kappa shape index (κ1) is 21.0. The number of anilines is 1. The Morgan fingerprint density at radius 1 is 1.16 bits per heavy atom. The number of aryl methyl sites for hydroxylation is 2. The van der Waals surface area contributed by atoms with Crippen molar-refractivity contribution in [2.45, 2.75) is 47.2 Å². The van der Waals surface area contributed by atoms with Crippen molar-refractivity contribution in [1.82, 2.24) is 19.3 Å². The third-order valence-corrected chi connectivity index (χ3v) is 6.16. The molecule has 160 valence electrons. The van der Waals surface area contributed by atoms with Crippen LogP contribution in [0.5, 0.6) is 0 Å². The maximum Gasteiger partial charge on any atom is 0.278 e. The largest absolute Gasteiger partial charge is 0.348 e. The average Bonchev–Trinajstić information content (AvgIpc) is 3.34. The van der Waals surface area contributed by atoms with E-state index >= 15 is 0 Å². The van der Waals surface area contributed by atoms with Crippen molar-refractivity contribution in [1.29, 1.82) is 0 Å². The number of rotatable bonds is 6. The molecule has 0 fully saturated rings. The van der Waals surface area contributed by atoms with Crippen LogP contribution in [-0.2, 0) is 13.1 Å². The van der Waals surface area contributed by atoms with E-state index in [1.807, 2.05) is 12.3 Å². The highest BCUT2D eigenvalue weighted by Gasteiger charge is 2.19. The van der Waals surface area contributed by atoms with Crippen LogP contribution in [0.25, 0.3) is 22.0 Å². The Morgan fingerprint density at radius 2 is 1.90 bits per heavy atom. The second-order valence-electron chi connectivity index (χ2n) is 7.44. The summed E-state index contributed by atoms with van der Waals surface area (Å²) < 4.78 is 3.60. The number of benzene rings is 1. The minimum atomic E-state index is -0.379. The predicted molar refractivity (Wildman–Crippen MR) is 125 cm³/mol. The standard InChI is InChI=1S/C23H25N5O2S/c1-5-11-27-14(3)12-18(15(27)4)19-13-31-23(24-19)25-21(29)20-16-9-7-8-10-17(16)22(30)28(6-2)26-20/h7-10,12-13H,5-6,11H2,1-4H3,(H,24,25,29). The fourth-order valence-corrected chi connectivity index (χ4v) is 4.56. The highest BCUT2D eigenvalue weighted by molar-refractivity contribution is 7.14. The predicted octanol–water partition coefficient (Wildman–Crippen LogP) is 4.62. The second-order valence-corrected chi connectivity index (χ2v) is 8.30. The van der Waals surface area contributed by atoms with Gasteiger partial charge in [0.25, 0.3) is 11.5 Å². The summed E-state index contributed by atoms with van der Waals surface area (Å²) in [6.07, 6.45) is 1.06. The third kappa shape index (κ3) is 3.79. The SMILES string of the molecule is CCCn1c(C)cc(-c2csc(NC(=O)c3nn(CC)c(=O)c4ccccc34)n2)c1C. The molecular formula is C23H25N5O2S. The summed E-state index contributed by atoms with van der Waals surface area (Å²) >= 11 is 1.37. The van der Waals surface area contributed by atoms with Gasteiger partial charge in [0.1, 0.15) is 0 Å². The molecular weight excluding hydrogens is 410 g/mol. The molecule has 0 bridgehead atoms.